The maximum atomic E-state index is 12.3. The molecule has 3 rings (SSSR count). The Hall–Kier alpha value is -2.37. The fourth-order valence-corrected chi connectivity index (χ4v) is 3.62. The lowest BCUT2D eigenvalue weighted by Gasteiger charge is -2.41. The van der Waals surface area contributed by atoms with Gasteiger partial charge in [-0.3, -0.25) is 0 Å². The number of carbonyl (C=O) groups is 1. The van der Waals surface area contributed by atoms with Crippen LogP contribution in [0.2, 0.25) is 0 Å². The minimum atomic E-state index is -0.451. The first-order chi connectivity index (χ1) is 13.7. The normalized spacial score (nSPS) is 24.5. The van der Waals surface area contributed by atoms with E-state index in [1.807, 2.05) is 60.7 Å². The molecule has 0 aliphatic carbocycles. The zero-order valence-electron chi connectivity index (χ0n) is 16.5. The van der Waals surface area contributed by atoms with Gasteiger partial charge in [-0.15, -0.1) is 0 Å². The third-order valence-electron chi connectivity index (χ3n) is 5.19. The minimum absolute atomic E-state index is 0.124. The molecule has 4 atom stereocenters. The minimum Gasteiger partial charge on any atom is -0.445 e. The molecule has 2 aromatic carbocycles. The van der Waals surface area contributed by atoms with Crippen LogP contribution in [-0.2, 0) is 27.4 Å². The van der Waals surface area contributed by atoms with Gasteiger partial charge in [0.25, 0.3) is 0 Å². The molecule has 2 aromatic rings. The third-order valence-corrected chi connectivity index (χ3v) is 5.19. The first-order valence-corrected chi connectivity index (χ1v) is 9.91. The van der Waals surface area contributed by atoms with Crippen LogP contribution < -0.4 is 5.32 Å². The van der Waals surface area contributed by atoms with E-state index in [1.54, 1.807) is 0 Å². The van der Waals surface area contributed by atoms with E-state index in [4.69, 9.17) is 14.2 Å². The van der Waals surface area contributed by atoms with Gasteiger partial charge in [0.15, 0.2) is 0 Å². The largest absolute Gasteiger partial charge is 0.445 e. The second kappa shape index (κ2) is 10.2. The van der Waals surface area contributed by atoms with E-state index in [0.29, 0.717) is 13.2 Å². The summed E-state index contributed by atoms with van der Waals surface area (Å²) in [5.74, 6) is 0.168. The van der Waals surface area contributed by atoms with Crippen LogP contribution in [0.1, 0.15) is 31.4 Å². The predicted octanol–water partition coefficient (Wildman–Crippen LogP) is 4.31. The van der Waals surface area contributed by atoms with Gasteiger partial charge in [-0.1, -0.05) is 74.5 Å². The Kier molecular flexibility index (Phi) is 7.46. The summed E-state index contributed by atoms with van der Waals surface area (Å²) < 4.78 is 17.6. The smallest absolute Gasteiger partial charge is 0.407 e. The number of nitrogens with one attached hydrogen (secondary N) is 1. The number of amides is 1. The van der Waals surface area contributed by atoms with Crippen molar-refractivity contribution in [3.05, 3.63) is 71.8 Å². The number of alkyl carbamates (subject to hydrolysis) is 1. The Morgan fingerprint density at radius 2 is 1.64 bits per heavy atom. The summed E-state index contributed by atoms with van der Waals surface area (Å²) >= 11 is 0. The molecule has 0 radical (unpaired) electrons. The lowest BCUT2D eigenvalue weighted by Crippen LogP contribution is -2.56. The highest BCUT2D eigenvalue weighted by Crippen LogP contribution is 2.27. The van der Waals surface area contributed by atoms with Crippen molar-refractivity contribution in [2.24, 2.45) is 5.92 Å². The van der Waals surface area contributed by atoms with Gasteiger partial charge in [0.2, 0.25) is 0 Å². The predicted molar refractivity (Wildman–Crippen MR) is 108 cm³/mol. The van der Waals surface area contributed by atoms with Crippen molar-refractivity contribution in [3.8, 4) is 0 Å². The Morgan fingerprint density at radius 3 is 2.25 bits per heavy atom. The van der Waals surface area contributed by atoms with E-state index < -0.39 is 6.09 Å². The second-order valence-electron chi connectivity index (χ2n) is 7.21. The van der Waals surface area contributed by atoms with Crippen molar-refractivity contribution in [3.63, 3.8) is 0 Å². The van der Waals surface area contributed by atoms with Crippen LogP contribution in [0.15, 0.2) is 60.7 Å². The third kappa shape index (κ3) is 5.57. The average Bonchev–Trinajstić information content (AvgIpc) is 2.73. The van der Waals surface area contributed by atoms with E-state index in [-0.39, 0.29) is 30.8 Å². The number of carbonyl (C=O) groups excluding carboxylic acids is 1. The van der Waals surface area contributed by atoms with Gasteiger partial charge >= 0.3 is 6.09 Å². The van der Waals surface area contributed by atoms with Gasteiger partial charge in [0.1, 0.15) is 6.61 Å². The van der Waals surface area contributed by atoms with Crippen molar-refractivity contribution in [1.82, 2.24) is 5.32 Å². The van der Waals surface area contributed by atoms with Crippen molar-refractivity contribution >= 4 is 6.09 Å². The highest BCUT2D eigenvalue weighted by atomic mass is 16.6. The first-order valence-electron chi connectivity index (χ1n) is 9.91. The standard InChI is InChI=1S/C23H29NO4/c1-3-21-17(2)22(27-14-18-10-6-4-7-11-18)20(16-26-21)24-23(25)28-15-19-12-8-5-9-13-19/h4-13,17,20-22H,3,14-16H2,1-2H3,(H,24,25)/t17-,20+,21+,22-/m0/s1. The molecule has 5 nitrogen and oxygen atoms in total. The number of hydrogen-bond donors (Lipinski definition) is 1. The topological polar surface area (TPSA) is 56.8 Å². The zero-order chi connectivity index (χ0) is 19.8. The van der Waals surface area contributed by atoms with E-state index >= 15 is 0 Å². The van der Waals surface area contributed by atoms with Crippen LogP contribution in [0.4, 0.5) is 4.79 Å². The molecule has 0 bridgehead atoms. The number of benzene rings is 2. The fraction of sp³-hybridized carbons (Fsp3) is 0.435. The molecule has 150 valence electrons. The summed E-state index contributed by atoms with van der Waals surface area (Å²) in [6.45, 7) is 5.39. The summed E-state index contributed by atoms with van der Waals surface area (Å²) in [6, 6.07) is 19.4. The zero-order valence-corrected chi connectivity index (χ0v) is 16.5. The van der Waals surface area contributed by atoms with Crippen molar-refractivity contribution in [2.45, 2.75) is 51.7 Å². The molecule has 1 aliphatic heterocycles. The molecule has 1 amide bonds. The molecule has 0 aromatic heterocycles. The van der Waals surface area contributed by atoms with Gasteiger partial charge < -0.3 is 19.5 Å². The van der Waals surface area contributed by atoms with E-state index in [1.165, 1.54) is 0 Å². The maximum Gasteiger partial charge on any atom is 0.407 e. The SMILES string of the molecule is CC[C@H]1OC[C@@H](NC(=O)OCc2ccccc2)[C@@H](OCc2ccccc2)[C@H]1C. The van der Waals surface area contributed by atoms with Crippen LogP contribution in [0.25, 0.3) is 0 Å². The molecule has 1 heterocycles. The van der Waals surface area contributed by atoms with Gasteiger partial charge in [-0.25, -0.2) is 4.79 Å². The molecule has 1 N–H and O–H groups in total. The monoisotopic (exact) mass is 383 g/mol. The Labute approximate surface area is 167 Å². The molecule has 0 spiro atoms. The van der Waals surface area contributed by atoms with Crippen LogP contribution >= 0.6 is 0 Å². The Bertz CT molecular complexity index is 722. The van der Waals surface area contributed by atoms with Crippen molar-refractivity contribution < 1.29 is 19.0 Å². The summed E-state index contributed by atoms with van der Waals surface area (Å²) in [4.78, 5) is 12.3. The van der Waals surface area contributed by atoms with Crippen LogP contribution in [-0.4, -0.2) is 30.9 Å². The van der Waals surface area contributed by atoms with Crippen LogP contribution in [0.5, 0.6) is 0 Å². The van der Waals surface area contributed by atoms with Crippen molar-refractivity contribution in [1.29, 1.82) is 0 Å². The van der Waals surface area contributed by atoms with E-state index in [2.05, 4.69) is 19.2 Å². The molecule has 28 heavy (non-hydrogen) atoms. The quantitative estimate of drug-likeness (QED) is 0.774. The number of hydrogen-bond acceptors (Lipinski definition) is 4. The Morgan fingerprint density at radius 1 is 1.04 bits per heavy atom. The molecular weight excluding hydrogens is 354 g/mol. The maximum absolute atomic E-state index is 12.3. The van der Waals surface area contributed by atoms with Crippen molar-refractivity contribution in [2.75, 3.05) is 6.61 Å². The molecule has 0 saturated carbocycles. The highest BCUT2D eigenvalue weighted by Gasteiger charge is 2.38. The molecule has 0 unspecified atom stereocenters. The van der Waals surface area contributed by atoms with Gasteiger partial charge in [-0.05, 0) is 17.5 Å². The molecular formula is C23H29NO4. The average molecular weight is 383 g/mol. The molecule has 5 heteroatoms. The van der Waals surface area contributed by atoms with Gasteiger partial charge in [0.05, 0.1) is 31.5 Å². The molecule has 1 fully saturated rings. The summed E-state index contributed by atoms with van der Waals surface area (Å²) in [7, 11) is 0. The summed E-state index contributed by atoms with van der Waals surface area (Å²) in [6.07, 6.45) is 0.451. The molecule has 1 aliphatic rings. The Balaban J connectivity index is 1.58. The summed E-state index contributed by atoms with van der Waals surface area (Å²) in [5, 5.41) is 2.94. The fourth-order valence-electron chi connectivity index (χ4n) is 3.62. The van der Waals surface area contributed by atoms with Gasteiger partial charge in [-0.2, -0.15) is 0 Å². The summed E-state index contributed by atoms with van der Waals surface area (Å²) in [5.41, 5.74) is 2.06. The van der Waals surface area contributed by atoms with Crippen LogP contribution in [0.3, 0.4) is 0 Å². The van der Waals surface area contributed by atoms with Crippen LogP contribution in [0, 0.1) is 5.92 Å². The van der Waals surface area contributed by atoms with E-state index in [0.717, 1.165) is 17.5 Å². The highest BCUT2D eigenvalue weighted by molar-refractivity contribution is 5.67. The number of ether oxygens (including phenoxy) is 3. The lowest BCUT2D eigenvalue weighted by molar-refractivity contribution is -0.134. The lowest BCUT2D eigenvalue weighted by atomic mass is 9.88. The van der Waals surface area contributed by atoms with Gasteiger partial charge in [0, 0.05) is 5.92 Å². The second-order valence-corrected chi connectivity index (χ2v) is 7.21. The molecule has 1 saturated heterocycles. The number of rotatable bonds is 7. The first kappa shape index (κ1) is 20.4. The van der Waals surface area contributed by atoms with E-state index in [9.17, 15) is 4.79 Å².